The minimum atomic E-state index is -1.58. The molecular formula is C34H45N4O3P. The second-order valence-corrected chi connectivity index (χ2v) is 12.2. The topological polar surface area (TPSA) is 86.6 Å². The van der Waals surface area contributed by atoms with Gasteiger partial charge in [0.15, 0.2) is 0 Å². The van der Waals surface area contributed by atoms with Gasteiger partial charge in [0.05, 0.1) is 19.1 Å². The number of benzene rings is 3. The van der Waals surface area contributed by atoms with E-state index < -0.39 is 20.2 Å². The molecule has 224 valence electrons. The van der Waals surface area contributed by atoms with Gasteiger partial charge in [-0.2, -0.15) is 5.26 Å². The van der Waals surface area contributed by atoms with Crippen molar-refractivity contribution < 1.29 is 13.8 Å². The third kappa shape index (κ3) is 8.70. The fraction of sp³-hybridized carbons (Fsp3) is 0.412. The molecule has 0 bridgehead atoms. The Morgan fingerprint density at radius 3 is 1.76 bits per heavy atom. The Morgan fingerprint density at radius 2 is 1.36 bits per heavy atom. The lowest BCUT2D eigenvalue weighted by Crippen LogP contribution is -2.56. The normalized spacial score (nSPS) is 13.2. The van der Waals surface area contributed by atoms with Crippen molar-refractivity contribution in [3.8, 4) is 6.07 Å². The van der Waals surface area contributed by atoms with Gasteiger partial charge in [-0.15, -0.1) is 0 Å². The van der Waals surface area contributed by atoms with Gasteiger partial charge in [-0.3, -0.25) is 10.2 Å². The maximum atomic E-state index is 14.0. The van der Waals surface area contributed by atoms with Crippen LogP contribution in [-0.4, -0.2) is 35.4 Å². The predicted octanol–water partition coefficient (Wildman–Crippen LogP) is 7.45. The second-order valence-electron chi connectivity index (χ2n) is 10.7. The standard InChI is InChI=1S/C34H45N4O3P/c1-6-7-24-32(41-42(40-26-17-25-35)38(27(2)3)28(4)5)33(39)36-37-34(29-18-11-8-12-19-29,30-20-13-9-14-21-30)31-22-15-10-16-23-31/h8-16,18-23,27-28,32,37H,6-7,17,24,26H2,1-5H3,(H,36,39). The smallest absolute Gasteiger partial charge is 0.263 e. The number of hydrazine groups is 1. The lowest BCUT2D eigenvalue weighted by atomic mass is 9.77. The lowest BCUT2D eigenvalue weighted by Gasteiger charge is -2.38. The highest BCUT2D eigenvalue weighted by molar-refractivity contribution is 7.44. The number of nitrogens with one attached hydrogen (secondary N) is 2. The molecule has 0 aliphatic heterocycles. The van der Waals surface area contributed by atoms with Gasteiger partial charge in [0.25, 0.3) is 14.4 Å². The number of nitriles is 1. The third-order valence-corrected chi connectivity index (χ3v) is 9.12. The van der Waals surface area contributed by atoms with E-state index in [0.29, 0.717) is 6.42 Å². The molecule has 1 amide bonds. The number of carbonyl (C=O) groups is 1. The molecule has 0 aromatic heterocycles. The zero-order valence-electron chi connectivity index (χ0n) is 25.5. The van der Waals surface area contributed by atoms with Crippen molar-refractivity contribution >= 4 is 14.4 Å². The first-order chi connectivity index (χ1) is 20.3. The molecule has 0 saturated heterocycles. The summed E-state index contributed by atoms with van der Waals surface area (Å²) in [6, 6.07) is 32.8. The number of hydrogen-bond acceptors (Lipinski definition) is 6. The van der Waals surface area contributed by atoms with Gasteiger partial charge in [-0.25, -0.2) is 10.1 Å². The lowest BCUT2D eigenvalue weighted by molar-refractivity contribution is -0.130. The highest BCUT2D eigenvalue weighted by atomic mass is 31.2. The summed E-state index contributed by atoms with van der Waals surface area (Å²) in [5.41, 5.74) is 8.64. The minimum absolute atomic E-state index is 0.132. The van der Waals surface area contributed by atoms with Gasteiger partial charge in [0.1, 0.15) is 11.6 Å². The molecule has 2 N–H and O–H groups in total. The molecule has 0 aliphatic carbocycles. The van der Waals surface area contributed by atoms with Crippen molar-refractivity contribution in [1.29, 1.82) is 5.26 Å². The molecular weight excluding hydrogens is 543 g/mol. The van der Waals surface area contributed by atoms with Crippen LogP contribution in [0.5, 0.6) is 0 Å². The number of carbonyl (C=O) groups excluding carboxylic acids is 1. The zero-order chi connectivity index (χ0) is 30.4. The van der Waals surface area contributed by atoms with Crippen molar-refractivity contribution in [2.45, 2.75) is 84.0 Å². The van der Waals surface area contributed by atoms with E-state index in [0.717, 1.165) is 29.5 Å². The number of nitrogens with zero attached hydrogens (tertiary/aromatic N) is 2. The molecule has 42 heavy (non-hydrogen) atoms. The molecule has 0 fully saturated rings. The molecule has 3 aromatic rings. The van der Waals surface area contributed by atoms with Gasteiger partial charge in [-0.1, -0.05) is 111 Å². The van der Waals surface area contributed by atoms with Gasteiger partial charge >= 0.3 is 0 Å². The molecule has 0 aliphatic rings. The summed E-state index contributed by atoms with van der Waals surface area (Å²) in [6.45, 7) is 10.7. The van der Waals surface area contributed by atoms with Gasteiger partial charge < -0.3 is 9.05 Å². The average molecular weight is 589 g/mol. The highest BCUT2D eigenvalue weighted by Crippen LogP contribution is 2.47. The number of unbranched alkanes of at least 4 members (excludes halogenated alkanes) is 1. The van der Waals surface area contributed by atoms with Crippen LogP contribution in [0.4, 0.5) is 0 Å². The van der Waals surface area contributed by atoms with Gasteiger partial charge in [0.2, 0.25) is 0 Å². The van der Waals surface area contributed by atoms with Crippen molar-refractivity contribution in [1.82, 2.24) is 15.5 Å². The molecule has 3 rings (SSSR count). The molecule has 2 unspecified atom stereocenters. The van der Waals surface area contributed by atoms with Crippen LogP contribution in [0.1, 0.15) is 77.0 Å². The molecule has 0 saturated carbocycles. The summed E-state index contributed by atoms with van der Waals surface area (Å²) in [6.07, 6.45) is 1.81. The van der Waals surface area contributed by atoms with E-state index in [2.05, 4.69) is 92.6 Å². The van der Waals surface area contributed by atoms with Crippen molar-refractivity contribution in [2.75, 3.05) is 6.61 Å². The Bertz CT molecular complexity index is 1130. The predicted molar refractivity (Wildman–Crippen MR) is 170 cm³/mol. The Morgan fingerprint density at radius 1 is 0.881 bits per heavy atom. The van der Waals surface area contributed by atoms with Crippen LogP contribution in [0.2, 0.25) is 0 Å². The van der Waals surface area contributed by atoms with Crippen LogP contribution in [0.15, 0.2) is 91.0 Å². The molecule has 0 spiro atoms. The van der Waals surface area contributed by atoms with Crippen LogP contribution in [-0.2, 0) is 19.4 Å². The molecule has 7 nitrogen and oxygen atoms in total. The van der Waals surface area contributed by atoms with Crippen LogP contribution in [0.3, 0.4) is 0 Å². The van der Waals surface area contributed by atoms with Crippen molar-refractivity contribution in [3.05, 3.63) is 108 Å². The summed E-state index contributed by atoms with van der Waals surface area (Å²) >= 11 is 0. The maximum Gasteiger partial charge on any atom is 0.263 e. The molecule has 8 heteroatoms. The number of amides is 1. The summed E-state index contributed by atoms with van der Waals surface area (Å²) in [4.78, 5) is 14.0. The van der Waals surface area contributed by atoms with E-state index in [1.807, 2.05) is 54.6 Å². The fourth-order valence-corrected chi connectivity index (χ4v) is 6.76. The Labute approximate surface area is 253 Å². The summed E-state index contributed by atoms with van der Waals surface area (Å²) < 4.78 is 14.8. The highest BCUT2D eigenvalue weighted by Gasteiger charge is 2.38. The van der Waals surface area contributed by atoms with Crippen molar-refractivity contribution in [2.24, 2.45) is 0 Å². The molecule has 0 heterocycles. The molecule has 2 atom stereocenters. The van der Waals surface area contributed by atoms with E-state index in [1.54, 1.807) is 0 Å². The largest absolute Gasteiger partial charge is 0.321 e. The summed E-state index contributed by atoms with van der Waals surface area (Å²) in [5, 5.41) is 9.10. The first kappa shape index (κ1) is 33.4. The van der Waals surface area contributed by atoms with Crippen LogP contribution in [0, 0.1) is 11.3 Å². The Balaban J connectivity index is 1.98. The zero-order valence-corrected chi connectivity index (χ0v) is 26.4. The van der Waals surface area contributed by atoms with E-state index in [4.69, 9.17) is 14.3 Å². The Kier molecular flexibility index (Phi) is 13.6. The molecule has 0 radical (unpaired) electrons. The van der Waals surface area contributed by atoms with Gasteiger partial charge in [0, 0.05) is 12.1 Å². The maximum absolute atomic E-state index is 14.0. The fourth-order valence-electron chi connectivity index (χ4n) is 5.04. The third-order valence-electron chi connectivity index (χ3n) is 6.99. The monoisotopic (exact) mass is 588 g/mol. The van der Waals surface area contributed by atoms with E-state index in [-0.39, 0.29) is 31.0 Å². The second kappa shape index (κ2) is 17.1. The molecule has 3 aromatic carbocycles. The van der Waals surface area contributed by atoms with Crippen LogP contribution >= 0.6 is 8.53 Å². The number of rotatable bonds is 17. The van der Waals surface area contributed by atoms with E-state index >= 15 is 0 Å². The van der Waals surface area contributed by atoms with E-state index in [1.165, 1.54) is 0 Å². The quantitative estimate of drug-likeness (QED) is 0.0737. The summed E-state index contributed by atoms with van der Waals surface area (Å²) in [5.74, 6) is -0.264. The SMILES string of the molecule is CCCCC(OP(OCCC#N)N(C(C)C)C(C)C)C(=O)NNC(c1ccccc1)(c1ccccc1)c1ccccc1. The first-order valence-electron chi connectivity index (χ1n) is 14.8. The number of hydrogen-bond donors (Lipinski definition) is 2. The van der Waals surface area contributed by atoms with Gasteiger partial charge in [-0.05, 0) is 50.8 Å². The average Bonchev–Trinajstić information content (AvgIpc) is 3.00. The Hall–Kier alpha value is -3.11. The van der Waals surface area contributed by atoms with Crippen LogP contribution < -0.4 is 10.9 Å². The van der Waals surface area contributed by atoms with E-state index in [9.17, 15) is 4.79 Å². The summed E-state index contributed by atoms with van der Waals surface area (Å²) in [7, 11) is -1.58. The van der Waals surface area contributed by atoms with Crippen molar-refractivity contribution in [3.63, 3.8) is 0 Å². The minimum Gasteiger partial charge on any atom is -0.321 e. The first-order valence-corrected chi connectivity index (χ1v) is 16.0. The van der Waals surface area contributed by atoms with Crippen LogP contribution in [0.25, 0.3) is 0 Å².